The van der Waals surface area contributed by atoms with E-state index in [4.69, 9.17) is 74.3 Å². The van der Waals surface area contributed by atoms with Crippen LogP contribution >= 0.6 is 69.6 Å². The van der Waals surface area contributed by atoms with Crippen LogP contribution in [0.4, 0.5) is 0 Å². The Balaban J connectivity index is 1.91. The van der Waals surface area contributed by atoms with E-state index in [1.54, 1.807) is 0 Å². The van der Waals surface area contributed by atoms with Crippen molar-refractivity contribution in [1.82, 2.24) is 0 Å². The van der Waals surface area contributed by atoms with Crippen molar-refractivity contribution >= 4 is 69.6 Å². The molecule has 3 rings (SSSR count). The van der Waals surface area contributed by atoms with Crippen LogP contribution in [0, 0.1) is 0 Å². The Morgan fingerprint density at radius 2 is 1.50 bits per heavy atom. The van der Waals surface area contributed by atoms with Crippen molar-refractivity contribution in [3.8, 4) is 5.75 Å². The van der Waals surface area contributed by atoms with Crippen molar-refractivity contribution in [2.24, 2.45) is 0 Å². The minimum Gasteiger partial charge on any atom is -0.488 e. The molecule has 0 aliphatic heterocycles. The lowest BCUT2D eigenvalue weighted by Crippen LogP contribution is -2.47. The van der Waals surface area contributed by atoms with Gasteiger partial charge >= 0.3 is 0 Å². The van der Waals surface area contributed by atoms with E-state index in [1.165, 1.54) is 5.56 Å². The topological polar surface area (TPSA) is 9.23 Å². The Morgan fingerprint density at radius 1 is 0.958 bits per heavy atom. The Morgan fingerprint density at radius 3 is 1.92 bits per heavy atom. The molecule has 132 valence electrons. The Labute approximate surface area is 172 Å². The number of benzene rings is 1. The average molecular weight is 449 g/mol. The summed E-state index contributed by atoms with van der Waals surface area (Å²) < 4.78 is 4.47. The van der Waals surface area contributed by atoms with Crippen molar-refractivity contribution in [3.05, 3.63) is 39.9 Å². The highest BCUT2D eigenvalue weighted by Crippen LogP contribution is 2.72. The van der Waals surface area contributed by atoms with Gasteiger partial charge in [-0.1, -0.05) is 79.3 Å². The summed E-state index contributed by atoms with van der Waals surface area (Å²) in [5, 5.41) is 0.335. The van der Waals surface area contributed by atoms with Gasteiger partial charge in [0.1, 0.15) is 16.7 Å². The van der Waals surface area contributed by atoms with Gasteiger partial charge < -0.3 is 4.74 Å². The van der Waals surface area contributed by atoms with Gasteiger partial charge in [-0.05, 0) is 23.1 Å². The largest absolute Gasteiger partial charge is 0.488 e. The summed E-state index contributed by atoms with van der Waals surface area (Å²) in [5.41, 5.74) is 1.25. The van der Waals surface area contributed by atoms with Crippen LogP contribution in [0.2, 0.25) is 0 Å². The van der Waals surface area contributed by atoms with Crippen LogP contribution in [0.3, 0.4) is 0 Å². The number of halogens is 6. The van der Waals surface area contributed by atoms with Crippen molar-refractivity contribution in [1.29, 1.82) is 0 Å². The number of rotatable bonds is 2. The van der Waals surface area contributed by atoms with Crippen LogP contribution in [0.15, 0.2) is 34.3 Å². The number of ether oxygens (including phenoxy) is 1. The van der Waals surface area contributed by atoms with E-state index >= 15 is 0 Å². The Hall–Kier alpha value is 0.500. The second-order valence-corrected chi connectivity index (χ2v) is 10.6. The number of alkyl halides is 4. The first-order valence-electron chi connectivity index (χ1n) is 7.45. The molecule has 2 aliphatic rings. The molecule has 0 aromatic heterocycles. The first-order valence-corrected chi connectivity index (χ1v) is 9.71. The van der Waals surface area contributed by atoms with Crippen LogP contribution in [0.1, 0.15) is 32.8 Å². The first-order chi connectivity index (χ1) is 10.9. The van der Waals surface area contributed by atoms with Gasteiger partial charge in [0.05, 0.1) is 10.1 Å². The predicted octanol–water partition coefficient (Wildman–Crippen LogP) is 6.97. The third kappa shape index (κ3) is 2.42. The Kier molecular flexibility index (Phi) is 4.61. The molecule has 0 saturated heterocycles. The van der Waals surface area contributed by atoms with Crippen molar-refractivity contribution < 1.29 is 4.74 Å². The molecule has 1 nitrogen and oxygen atoms in total. The van der Waals surface area contributed by atoms with Gasteiger partial charge in [-0.15, -0.1) is 23.2 Å². The summed E-state index contributed by atoms with van der Waals surface area (Å²) >= 11 is 38.7. The van der Waals surface area contributed by atoms with E-state index in [0.29, 0.717) is 5.75 Å². The van der Waals surface area contributed by atoms with Crippen LogP contribution < -0.4 is 4.74 Å². The molecule has 0 heterocycles. The summed E-state index contributed by atoms with van der Waals surface area (Å²) in [7, 11) is 0. The van der Waals surface area contributed by atoms with Gasteiger partial charge in [0, 0.05) is 6.42 Å². The van der Waals surface area contributed by atoms with Crippen LogP contribution in [0.5, 0.6) is 5.75 Å². The summed E-state index contributed by atoms with van der Waals surface area (Å²) in [5.74, 6) is 0.644. The summed E-state index contributed by atoms with van der Waals surface area (Å²) in [6, 6.07) is 7.80. The molecule has 1 fully saturated rings. The van der Waals surface area contributed by atoms with Gasteiger partial charge in [0.25, 0.3) is 0 Å². The molecule has 24 heavy (non-hydrogen) atoms. The van der Waals surface area contributed by atoms with Crippen LogP contribution in [0.25, 0.3) is 0 Å². The monoisotopic (exact) mass is 446 g/mol. The zero-order valence-electron chi connectivity index (χ0n) is 13.3. The molecule has 2 bridgehead atoms. The fourth-order valence-corrected chi connectivity index (χ4v) is 5.84. The molecule has 0 radical (unpaired) electrons. The molecule has 7 heteroatoms. The lowest BCUT2D eigenvalue weighted by molar-refractivity contribution is 0.183. The molecule has 3 unspecified atom stereocenters. The van der Waals surface area contributed by atoms with Crippen molar-refractivity contribution in [2.75, 3.05) is 0 Å². The van der Waals surface area contributed by atoms with Gasteiger partial charge in [-0.25, -0.2) is 0 Å². The highest BCUT2D eigenvalue weighted by Gasteiger charge is 2.79. The Bertz CT molecular complexity index is 705. The van der Waals surface area contributed by atoms with Gasteiger partial charge in [0.2, 0.25) is 0 Å². The molecule has 0 amide bonds. The van der Waals surface area contributed by atoms with E-state index in [-0.39, 0.29) is 21.9 Å². The van der Waals surface area contributed by atoms with E-state index in [1.807, 2.05) is 24.3 Å². The fraction of sp³-hybridized carbons (Fsp3) is 0.529. The molecule has 0 N–H and O–H groups in total. The molecule has 0 spiro atoms. The molecule has 1 saturated carbocycles. The standard InChI is InChI=1S/C17H16Cl6O/c1-14(2,3)9-4-6-10(7-5-9)24-11-8-15(20)12(18)13(19)16(11,21)17(15,22)23/h4-7,11H,8H2,1-3H3. The van der Waals surface area contributed by atoms with Gasteiger partial charge in [0.15, 0.2) is 9.21 Å². The quantitative estimate of drug-likeness (QED) is 0.444. The van der Waals surface area contributed by atoms with Gasteiger partial charge in [-0.2, -0.15) is 0 Å². The van der Waals surface area contributed by atoms with Crippen molar-refractivity contribution in [3.63, 3.8) is 0 Å². The molecule has 2 aliphatic carbocycles. The number of fused-ring (bicyclic) bond motifs is 2. The van der Waals surface area contributed by atoms with E-state index in [9.17, 15) is 0 Å². The summed E-state index contributed by atoms with van der Waals surface area (Å²) in [6.45, 7) is 6.43. The fourth-order valence-electron chi connectivity index (χ4n) is 3.18. The highest BCUT2D eigenvalue weighted by atomic mass is 35.5. The summed E-state index contributed by atoms with van der Waals surface area (Å²) in [4.78, 5) is -2.65. The number of hydrogen-bond acceptors (Lipinski definition) is 1. The molecule has 1 aromatic rings. The second-order valence-electron chi connectivity index (χ2n) is 7.30. The van der Waals surface area contributed by atoms with Crippen molar-refractivity contribution in [2.45, 2.75) is 52.8 Å². The maximum absolute atomic E-state index is 6.70. The van der Waals surface area contributed by atoms with E-state index < -0.39 is 20.2 Å². The smallest absolute Gasteiger partial charge is 0.170 e. The van der Waals surface area contributed by atoms with E-state index in [2.05, 4.69) is 20.8 Å². The first kappa shape index (κ1) is 19.3. The predicted molar refractivity (Wildman–Crippen MR) is 105 cm³/mol. The molecular weight excluding hydrogens is 433 g/mol. The zero-order chi connectivity index (χ0) is 18.1. The van der Waals surface area contributed by atoms with E-state index in [0.717, 1.165) is 0 Å². The second kappa shape index (κ2) is 5.75. The minimum atomic E-state index is -1.56. The summed E-state index contributed by atoms with van der Waals surface area (Å²) in [6.07, 6.45) is -0.330. The minimum absolute atomic E-state index is 0.0554. The molecule has 1 aromatic carbocycles. The number of hydrogen-bond donors (Lipinski definition) is 0. The maximum Gasteiger partial charge on any atom is 0.170 e. The average Bonchev–Trinajstić information content (AvgIpc) is 2.69. The normalized spacial score (nSPS) is 34.8. The van der Waals surface area contributed by atoms with Crippen LogP contribution in [-0.2, 0) is 5.41 Å². The maximum atomic E-state index is 6.70. The number of allylic oxidation sites excluding steroid dienone is 1. The zero-order valence-corrected chi connectivity index (χ0v) is 17.8. The van der Waals surface area contributed by atoms with Gasteiger partial charge in [-0.3, -0.25) is 0 Å². The third-order valence-corrected chi connectivity index (χ3v) is 8.98. The van der Waals surface area contributed by atoms with Crippen LogP contribution in [-0.4, -0.2) is 20.2 Å². The lowest BCUT2D eigenvalue weighted by atomic mass is 9.87. The molecular formula is C17H16Cl6O. The molecule has 3 atom stereocenters. The lowest BCUT2D eigenvalue weighted by Gasteiger charge is -2.33. The SMILES string of the molecule is CC(C)(C)c1ccc(OC2CC3(Cl)C(Cl)=C(Cl)C2(Cl)C3(Cl)Cl)cc1. The third-order valence-electron chi connectivity index (χ3n) is 4.72. The highest BCUT2D eigenvalue weighted by molar-refractivity contribution is 6.65.